The van der Waals surface area contributed by atoms with Crippen molar-refractivity contribution in [3.8, 4) is 0 Å². The van der Waals surface area contributed by atoms with Crippen molar-refractivity contribution in [3.05, 3.63) is 46.3 Å². The van der Waals surface area contributed by atoms with Crippen LogP contribution in [0.2, 0.25) is 0 Å². The zero-order chi connectivity index (χ0) is 22.9. The van der Waals surface area contributed by atoms with Crippen molar-refractivity contribution in [3.63, 3.8) is 0 Å². The largest absolute Gasteiger partial charge is 0.481 e. The molecule has 2 aromatic rings. The first kappa shape index (κ1) is 22.0. The first-order chi connectivity index (χ1) is 16.0. The maximum Gasteiger partial charge on any atom is 0.303 e. The van der Waals surface area contributed by atoms with Crippen LogP contribution >= 0.6 is 11.9 Å². The first-order valence-corrected chi connectivity index (χ1v) is 12.4. The van der Waals surface area contributed by atoms with Crippen LogP contribution in [0.25, 0.3) is 11.6 Å². The third-order valence-electron chi connectivity index (χ3n) is 6.52. The summed E-state index contributed by atoms with van der Waals surface area (Å²) >= 11 is 1.73. The zero-order valence-corrected chi connectivity index (χ0v) is 19.2. The topological polar surface area (TPSA) is 102 Å². The number of nitrogens with zero attached hydrogens (tertiary/aromatic N) is 1. The highest BCUT2D eigenvalue weighted by Gasteiger charge is 2.29. The lowest BCUT2D eigenvalue weighted by molar-refractivity contribution is -0.137. The van der Waals surface area contributed by atoms with Gasteiger partial charge in [-0.1, -0.05) is 6.42 Å². The molecule has 1 amide bonds. The molecule has 1 aromatic carbocycles. The normalized spacial score (nSPS) is 19.5. The average molecular weight is 466 g/mol. The Morgan fingerprint density at radius 2 is 1.94 bits per heavy atom. The Labute approximate surface area is 196 Å². The number of rotatable bonds is 6. The number of aliphatic carboxylic acids is 1. The summed E-state index contributed by atoms with van der Waals surface area (Å²) in [5.74, 6) is -1.04. The minimum absolute atomic E-state index is 0.0500. The Kier molecular flexibility index (Phi) is 6.12. The number of carboxylic acid groups (broad SMARTS) is 1. The van der Waals surface area contributed by atoms with Gasteiger partial charge >= 0.3 is 5.97 Å². The second-order valence-corrected chi connectivity index (χ2v) is 10.0. The molecule has 0 unspecified atom stereocenters. The average Bonchev–Trinajstić information content (AvgIpc) is 3.31. The number of piperidine rings is 1. The second-order valence-electron chi connectivity index (χ2n) is 8.84. The van der Waals surface area contributed by atoms with Gasteiger partial charge in [0, 0.05) is 59.0 Å². The number of H-pyrrole nitrogens is 1. The van der Waals surface area contributed by atoms with E-state index in [0.717, 1.165) is 47.8 Å². The van der Waals surface area contributed by atoms with Crippen LogP contribution in [0.4, 0.5) is 5.69 Å². The lowest BCUT2D eigenvalue weighted by atomic mass is 9.91. The minimum atomic E-state index is -0.907. The summed E-state index contributed by atoms with van der Waals surface area (Å²) < 4.78 is 2.37. The van der Waals surface area contributed by atoms with E-state index in [1.54, 1.807) is 18.0 Å². The van der Waals surface area contributed by atoms with Gasteiger partial charge in [0.2, 0.25) is 0 Å². The summed E-state index contributed by atoms with van der Waals surface area (Å²) in [7, 11) is 0. The SMILES string of the molecule is O=C(O)CCc1c(/C=C2\C(=O)Nc3ccc(SN4CCCCC4)cc32)[nH]c2c1C(=O)CCC2. The van der Waals surface area contributed by atoms with Crippen LogP contribution in [0, 0.1) is 0 Å². The molecule has 0 saturated carbocycles. The van der Waals surface area contributed by atoms with Crippen molar-refractivity contribution in [2.24, 2.45) is 0 Å². The van der Waals surface area contributed by atoms with Crippen LogP contribution in [0.3, 0.4) is 0 Å². The number of ketones is 1. The quantitative estimate of drug-likeness (QED) is 0.428. The Morgan fingerprint density at radius 3 is 2.73 bits per heavy atom. The number of benzene rings is 1. The molecule has 5 rings (SSSR count). The van der Waals surface area contributed by atoms with Crippen molar-refractivity contribution >= 4 is 46.9 Å². The second kappa shape index (κ2) is 9.19. The van der Waals surface area contributed by atoms with Crippen LogP contribution in [0.15, 0.2) is 23.1 Å². The van der Waals surface area contributed by atoms with Gasteiger partial charge in [0.1, 0.15) is 0 Å². The number of hydrogen-bond acceptors (Lipinski definition) is 5. The molecule has 1 aromatic heterocycles. The fourth-order valence-corrected chi connectivity index (χ4v) is 5.96. The van der Waals surface area contributed by atoms with E-state index in [4.69, 9.17) is 0 Å². The van der Waals surface area contributed by atoms with E-state index in [1.165, 1.54) is 19.3 Å². The van der Waals surface area contributed by atoms with Gasteiger partial charge in [-0.2, -0.15) is 0 Å². The Bertz CT molecular complexity index is 1160. The third kappa shape index (κ3) is 4.50. The van der Waals surface area contributed by atoms with Crippen molar-refractivity contribution in [1.82, 2.24) is 9.29 Å². The summed E-state index contributed by atoms with van der Waals surface area (Å²) in [4.78, 5) is 41.1. The number of anilines is 1. The van der Waals surface area contributed by atoms with Crippen LogP contribution in [0.1, 0.15) is 71.4 Å². The van der Waals surface area contributed by atoms with Gasteiger partial charge in [-0.3, -0.25) is 14.4 Å². The number of hydrogen-bond donors (Lipinski definition) is 3. The summed E-state index contributed by atoms with van der Waals surface area (Å²) in [6, 6.07) is 6.02. The molecule has 33 heavy (non-hydrogen) atoms. The van der Waals surface area contributed by atoms with Crippen molar-refractivity contribution in [2.45, 2.75) is 56.3 Å². The molecular weight excluding hydrogens is 438 g/mol. The smallest absolute Gasteiger partial charge is 0.303 e. The predicted octanol–water partition coefficient (Wildman–Crippen LogP) is 4.54. The van der Waals surface area contributed by atoms with E-state index in [0.29, 0.717) is 28.8 Å². The highest BCUT2D eigenvalue weighted by atomic mass is 32.2. The first-order valence-electron chi connectivity index (χ1n) is 11.6. The number of amides is 1. The zero-order valence-electron chi connectivity index (χ0n) is 18.4. The number of aryl methyl sites for hydroxylation is 1. The maximum atomic E-state index is 12.9. The summed E-state index contributed by atoms with van der Waals surface area (Å²) in [6.07, 6.45) is 7.68. The van der Waals surface area contributed by atoms with E-state index in [-0.39, 0.29) is 24.5 Å². The number of carbonyl (C=O) groups excluding carboxylic acids is 2. The molecule has 0 atom stereocenters. The Morgan fingerprint density at radius 1 is 1.12 bits per heavy atom. The standard InChI is InChI=1S/C25H27N3O4S/c29-22-6-4-5-20-24(22)16(8-10-23(30)31)21(26-20)14-18-17-13-15(7-9-19(17)27-25(18)32)33-28-11-2-1-3-12-28/h7,9,13-14,26H,1-6,8,10-12H2,(H,27,32)(H,30,31)/b18-14-. The van der Waals surface area contributed by atoms with Crippen LogP contribution in [-0.2, 0) is 22.4 Å². The summed E-state index contributed by atoms with van der Waals surface area (Å²) in [5, 5.41) is 12.1. The molecule has 0 radical (unpaired) electrons. The molecule has 3 aliphatic rings. The molecule has 2 aliphatic heterocycles. The molecule has 1 aliphatic carbocycles. The lowest BCUT2D eigenvalue weighted by Gasteiger charge is -2.25. The van der Waals surface area contributed by atoms with Gasteiger partial charge in [-0.15, -0.1) is 0 Å². The van der Waals surface area contributed by atoms with Gasteiger partial charge in [0.15, 0.2) is 5.78 Å². The van der Waals surface area contributed by atoms with Crippen molar-refractivity contribution < 1.29 is 19.5 Å². The van der Waals surface area contributed by atoms with Gasteiger partial charge in [0.05, 0.1) is 5.57 Å². The lowest BCUT2D eigenvalue weighted by Crippen LogP contribution is -2.22. The fourth-order valence-electron chi connectivity index (χ4n) is 4.92. The van der Waals surface area contributed by atoms with Gasteiger partial charge < -0.3 is 15.4 Å². The van der Waals surface area contributed by atoms with Crippen LogP contribution in [0.5, 0.6) is 0 Å². The molecule has 1 fully saturated rings. The maximum absolute atomic E-state index is 12.9. The number of aromatic amines is 1. The third-order valence-corrected chi connectivity index (χ3v) is 7.61. The minimum Gasteiger partial charge on any atom is -0.481 e. The number of fused-ring (bicyclic) bond motifs is 2. The van der Waals surface area contributed by atoms with E-state index < -0.39 is 5.97 Å². The number of carbonyl (C=O) groups is 3. The van der Waals surface area contributed by atoms with Gasteiger partial charge in [-0.25, -0.2) is 4.31 Å². The van der Waals surface area contributed by atoms with E-state index in [2.05, 4.69) is 14.6 Å². The molecule has 0 bridgehead atoms. The van der Waals surface area contributed by atoms with Crippen LogP contribution in [-0.4, -0.2) is 45.1 Å². The van der Waals surface area contributed by atoms with Crippen LogP contribution < -0.4 is 5.32 Å². The molecule has 3 heterocycles. The van der Waals surface area contributed by atoms with Gasteiger partial charge in [-0.05, 0) is 73.9 Å². The van der Waals surface area contributed by atoms with Gasteiger partial charge in [0.25, 0.3) is 5.91 Å². The van der Waals surface area contributed by atoms with Crippen molar-refractivity contribution in [2.75, 3.05) is 18.4 Å². The Balaban J connectivity index is 1.51. The monoisotopic (exact) mass is 465 g/mol. The number of aromatic nitrogens is 1. The highest BCUT2D eigenvalue weighted by Crippen LogP contribution is 2.38. The van der Waals surface area contributed by atoms with E-state index in [1.807, 2.05) is 18.2 Å². The summed E-state index contributed by atoms with van der Waals surface area (Å²) in [6.45, 7) is 2.13. The number of carboxylic acids is 1. The van der Waals surface area contributed by atoms with Crippen molar-refractivity contribution in [1.29, 1.82) is 0 Å². The number of Topliss-reactive ketones (excluding diaryl/α,β-unsaturated/α-hetero) is 1. The Hall–Kier alpha value is -2.84. The number of nitrogens with one attached hydrogen (secondary N) is 2. The molecule has 172 valence electrons. The molecule has 3 N–H and O–H groups in total. The summed E-state index contributed by atoms with van der Waals surface area (Å²) in [5.41, 5.74) is 5.01. The molecule has 0 spiro atoms. The fraction of sp³-hybridized carbons (Fsp3) is 0.400. The van der Waals surface area contributed by atoms with E-state index >= 15 is 0 Å². The highest BCUT2D eigenvalue weighted by molar-refractivity contribution is 7.97. The molecular formula is C25H27N3O4S. The predicted molar refractivity (Wildman–Crippen MR) is 128 cm³/mol. The molecule has 1 saturated heterocycles. The molecule has 8 heteroatoms. The van der Waals surface area contributed by atoms with E-state index in [9.17, 15) is 19.5 Å². The molecule has 7 nitrogen and oxygen atoms in total.